The Morgan fingerprint density at radius 2 is 1.12 bits per heavy atom. The summed E-state index contributed by atoms with van der Waals surface area (Å²) in [5.74, 6) is 1.13. The molecule has 260 valence electrons. The third kappa shape index (κ3) is 9.05. The molecule has 0 aromatic heterocycles. The van der Waals surface area contributed by atoms with Crippen molar-refractivity contribution >= 4 is 20.1 Å². The minimum Gasteiger partial charge on any atom is -0.465 e. The molecule has 49 heavy (non-hydrogen) atoms. The Labute approximate surface area is 286 Å². The first-order valence-electron chi connectivity index (χ1n) is 16.1. The molecule has 13 heteroatoms. The predicted molar refractivity (Wildman–Crippen MR) is 184 cm³/mol. The van der Waals surface area contributed by atoms with E-state index in [0.717, 1.165) is 44.8 Å². The average Bonchev–Trinajstić information content (AvgIpc) is 3.08. The summed E-state index contributed by atoms with van der Waals surface area (Å²) >= 11 is 0. The molecule has 4 aromatic rings. The lowest BCUT2D eigenvalue weighted by Crippen LogP contribution is -2.26. The highest BCUT2D eigenvalue weighted by molar-refractivity contribution is 7.88. The predicted octanol–water partition coefficient (Wildman–Crippen LogP) is 6.29. The molecule has 2 aliphatic heterocycles. The summed E-state index contributed by atoms with van der Waals surface area (Å²) in [5, 5.41) is 10.4. The number of ether oxygens (including phenoxy) is 4. The fraction of sp³-hybridized carbons (Fsp3) is 0.333. The van der Waals surface area contributed by atoms with Gasteiger partial charge in [0.05, 0.1) is 19.5 Å². The van der Waals surface area contributed by atoms with E-state index in [1.807, 2.05) is 0 Å². The molecule has 2 fully saturated rings. The van der Waals surface area contributed by atoms with Gasteiger partial charge in [0.2, 0.25) is 10.0 Å². The molecule has 0 saturated carbocycles. The van der Waals surface area contributed by atoms with Crippen LogP contribution in [0.4, 0.5) is 0 Å². The molecular formula is C36H39NO10S2. The van der Waals surface area contributed by atoms with E-state index in [1.54, 1.807) is 84.9 Å². The highest BCUT2D eigenvalue weighted by Crippen LogP contribution is 2.41. The van der Waals surface area contributed by atoms with Crippen molar-refractivity contribution in [2.75, 3.05) is 19.5 Å². The van der Waals surface area contributed by atoms with Crippen molar-refractivity contribution < 1.29 is 45.4 Å². The molecular weight excluding hydrogens is 671 g/mol. The maximum atomic E-state index is 13.2. The van der Waals surface area contributed by atoms with Crippen LogP contribution in [0.3, 0.4) is 0 Å². The van der Waals surface area contributed by atoms with Gasteiger partial charge in [-0.1, -0.05) is 48.5 Å². The van der Waals surface area contributed by atoms with Crippen LogP contribution in [-0.2, 0) is 29.6 Å². The second-order valence-electron chi connectivity index (χ2n) is 12.2. The highest BCUT2D eigenvalue weighted by Gasteiger charge is 2.25. The molecule has 0 spiro atoms. The Hall–Kier alpha value is -3.82. The topological polar surface area (TPSA) is 158 Å². The number of benzene rings is 4. The van der Waals surface area contributed by atoms with Gasteiger partial charge in [-0.25, -0.2) is 8.42 Å². The molecule has 2 aliphatic rings. The molecule has 0 aliphatic carbocycles. The summed E-state index contributed by atoms with van der Waals surface area (Å²) in [6.07, 6.45) is 4.34. The zero-order valence-electron chi connectivity index (χ0n) is 26.9. The van der Waals surface area contributed by atoms with E-state index in [0.29, 0.717) is 52.5 Å². The first kappa shape index (κ1) is 35.0. The zero-order valence-corrected chi connectivity index (χ0v) is 28.6. The number of hydrogen-bond acceptors (Lipinski definition) is 9. The Balaban J connectivity index is 1.41. The van der Waals surface area contributed by atoms with E-state index in [9.17, 15) is 26.5 Å². The fourth-order valence-electron chi connectivity index (χ4n) is 5.97. The summed E-state index contributed by atoms with van der Waals surface area (Å²) in [6.45, 7) is 1.26. The van der Waals surface area contributed by atoms with Crippen LogP contribution in [0.25, 0.3) is 33.4 Å². The van der Waals surface area contributed by atoms with Gasteiger partial charge in [0.15, 0.2) is 12.6 Å². The summed E-state index contributed by atoms with van der Waals surface area (Å²) in [6, 6.07) is 23.7. The van der Waals surface area contributed by atoms with Crippen molar-refractivity contribution in [2.45, 2.75) is 62.2 Å². The van der Waals surface area contributed by atoms with Crippen LogP contribution in [0.1, 0.15) is 50.3 Å². The quantitative estimate of drug-likeness (QED) is 0.120. The van der Waals surface area contributed by atoms with Gasteiger partial charge in [0.1, 0.15) is 22.6 Å². The van der Waals surface area contributed by atoms with E-state index in [1.165, 1.54) is 0 Å². The molecule has 4 aromatic carbocycles. The van der Waals surface area contributed by atoms with E-state index >= 15 is 0 Å². The van der Waals surface area contributed by atoms with Crippen molar-refractivity contribution in [1.29, 1.82) is 0 Å². The summed E-state index contributed by atoms with van der Waals surface area (Å²) in [5.41, 5.74) is 3.14. The van der Waals surface area contributed by atoms with Crippen molar-refractivity contribution in [1.82, 2.24) is 4.72 Å². The fourth-order valence-corrected chi connectivity index (χ4v) is 7.42. The first-order valence-corrected chi connectivity index (χ1v) is 19.4. The normalized spacial score (nSPS) is 19.2. The molecule has 0 radical (unpaired) electrons. The standard InChI is InChI=1S/C36H39NO10S2/c1-48(39,40)37-36(38)27-10-8-24(9-11-27)28-22-31(25-12-16-29(17-13-25)46-33-6-2-4-20-44-33)35(49(41,42)43)32(23-28)26-14-18-30(19-15-26)47-34-7-3-5-21-45-34/h8-19,22-23,33-34,36-38H,2-7,20-21H2,1H3,(H,41,42,43)/t33-,34?,36?/m0/s1. The van der Waals surface area contributed by atoms with Crippen LogP contribution in [0.15, 0.2) is 89.8 Å². The van der Waals surface area contributed by atoms with Crippen LogP contribution < -0.4 is 14.2 Å². The number of nitrogens with one attached hydrogen (secondary N) is 1. The molecule has 3 N–H and O–H groups in total. The molecule has 0 bridgehead atoms. The van der Waals surface area contributed by atoms with Gasteiger partial charge < -0.3 is 24.1 Å². The Kier molecular flexibility index (Phi) is 10.7. The second-order valence-corrected chi connectivity index (χ2v) is 15.3. The number of aliphatic hydroxyl groups is 1. The van der Waals surface area contributed by atoms with Crippen molar-refractivity contribution in [2.24, 2.45) is 0 Å². The van der Waals surface area contributed by atoms with Gasteiger partial charge in [-0.3, -0.25) is 4.55 Å². The summed E-state index contributed by atoms with van der Waals surface area (Å²) < 4.78 is 85.7. The molecule has 2 saturated heterocycles. The van der Waals surface area contributed by atoms with Gasteiger partial charge in [0.25, 0.3) is 10.1 Å². The van der Waals surface area contributed by atoms with Crippen LogP contribution in [0.2, 0.25) is 0 Å². The second kappa shape index (κ2) is 15.0. The molecule has 0 amide bonds. The number of sulfonamides is 1. The Bertz CT molecular complexity index is 1870. The lowest BCUT2D eigenvalue weighted by atomic mass is 9.92. The third-order valence-corrected chi connectivity index (χ3v) is 9.98. The molecule has 11 nitrogen and oxygen atoms in total. The lowest BCUT2D eigenvalue weighted by Gasteiger charge is -2.23. The maximum absolute atomic E-state index is 13.2. The average molecular weight is 710 g/mol. The number of rotatable bonds is 11. The number of hydrogen-bond donors (Lipinski definition) is 3. The largest absolute Gasteiger partial charge is 0.465 e. The molecule has 3 atom stereocenters. The minimum absolute atomic E-state index is 0.259. The molecule has 2 heterocycles. The van der Waals surface area contributed by atoms with E-state index in [2.05, 4.69) is 4.72 Å². The lowest BCUT2D eigenvalue weighted by molar-refractivity contribution is -0.106. The number of aliphatic hydroxyl groups excluding tert-OH is 1. The van der Waals surface area contributed by atoms with Gasteiger partial charge in [-0.15, -0.1) is 0 Å². The van der Waals surface area contributed by atoms with E-state index in [4.69, 9.17) is 18.9 Å². The first-order chi connectivity index (χ1) is 23.4. The monoisotopic (exact) mass is 709 g/mol. The van der Waals surface area contributed by atoms with Crippen molar-refractivity contribution in [3.8, 4) is 44.9 Å². The summed E-state index contributed by atoms with van der Waals surface area (Å²) in [7, 11) is -8.42. The van der Waals surface area contributed by atoms with Crippen LogP contribution >= 0.6 is 0 Å². The molecule has 6 rings (SSSR count). The smallest absolute Gasteiger partial charge is 0.295 e. The third-order valence-electron chi connectivity index (χ3n) is 8.37. The minimum atomic E-state index is -4.76. The Morgan fingerprint density at radius 3 is 1.51 bits per heavy atom. The maximum Gasteiger partial charge on any atom is 0.295 e. The van der Waals surface area contributed by atoms with Gasteiger partial charge in [-0.05, 0) is 89.9 Å². The van der Waals surface area contributed by atoms with E-state index < -0.39 is 26.4 Å². The van der Waals surface area contributed by atoms with Crippen LogP contribution in [-0.4, -0.2) is 58.5 Å². The summed E-state index contributed by atoms with van der Waals surface area (Å²) in [4.78, 5) is -0.269. The molecule has 2 unspecified atom stereocenters. The van der Waals surface area contributed by atoms with Crippen LogP contribution in [0.5, 0.6) is 11.5 Å². The van der Waals surface area contributed by atoms with Gasteiger partial charge >= 0.3 is 0 Å². The van der Waals surface area contributed by atoms with Crippen LogP contribution in [0, 0.1) is 0 Å². The van der Waals surface area contributed by atoms with Crippen molar-refractivity contribution in [3.63, 3.8) is 0 Å². The highest BCUT2D eigenvalue weighted by atomic mass is 32.2. The van der Waals surface area contributed by atoms with E-state index in [-0.39, 0.29) is 28.6 Å². The SMILES string of the molecule is CS(=O)(=O)NC(O)c1ccc(-c2cc(-c3ccc(OC4CCCCO4)cc3)c(S(=O)(=O)O)c(-c3ccc(O[C@H]4CCCCO4)cc3)c2)cc1. The Morgan fingerprint density at radius 1 is 0.673 bits per heavy atom. The van der Waals surface area contributed by atoms with Gasteiger partial charge in [0, 0.05) is 24.0 Å². The van der Waals surface area contributed by atoms with Crippen molar-refractivity contribution in [3.05, 3.63) is 90.5 Å². The zero-order chi connectivity index (χ0) is 34.6. The van der Waals surface area contributed by atoms with Gasteiger partial charge in [-0.2, -0.15) is 13.1 Å².